The summed E-state index contributed by atoms with van der Waals surface area (Å²) in [5.41, 5.74) is 3.60. The maximum absolute atomic E-state index is 14.9. The number of anilines is 1. The van der Waals surface area contributed by atoms with Crippen molar-refractivity contribution in [1.82, 2.24) is 25.6 Å². The SMILES string of the molecule is Cc1ccc(S(=O)(=O)N2CC[C@@H]3[C@H](CNC(=O)CCOCCOCCOCCNC(=O)CCCC[C@H]4SC[C@@H]5NC(=O)N[C@H]54)Nc4ccc(-c5ccccc5F)cc4[C@@H]32)cc1. The second-order valence-corrected chi connectivity index (χ2v) is 19.1. The van der Waals surface area contributed by atoms with Gasteiger partial charge < -0.3 is 40.8 Å². The van der Waals surface area contributed by atoms with Crippen molar-refractivity contribution >= 4 is 45.3 Å². The molecule has 4 amide bonds. The number of rotatable bonds is 22. The molecule has 3 aromatic carbocycles. The van der Waals surface area contributed by atoms with Crippen LogP contribution >= 0.6 is 11.8 Å². The molecule has 3 saturated heterocycles. The number of sulfonamides is 1. The van der Waals surface area contributed by atoms with Crippen molar-refractivity contribution in [2.75, 3.05) is 70.3 Å². The normalized spacial score (nSPS) is 23.0. The molecule has 6 atom stereocenters. The van der Waals surface area contributed by atoms with E-state index in [2.05, 4.69) is 26.6 Å². The number of fused-ring (bicyclic) bond motifs is 4. The molecule has 0 spiro atoms. The van der Waals surface area contributed by atoms with Crippen LogP contribution in [0.3, 0.4) is 0 Å². The van der Waals surface area contributed by atoms with Gasteiger partial charge in [-0.05, 0) is 67.6 Å². The van der Waals surface area contributed by atoms with Crippen LogP contribution in [-0.2, 0) is 33.8 Å². The quantitative estimate of drug-likeness (QED) is 0.0700. The van der Waals surface area contributed by atoms with Crippen LogP contribution < -0.4 is 26.6 Å². The highest BCUT2D eigenvalue weighted by atomic mass is 32.2. The number of urea groups is 1. The lowest BCUT2D eigenvalue weighted by atomic mass is 9.82. The minimum absolute atomic E-state index is 0.00776. The Balaban J connectivity index is 0.775. The van der Waals surface area contributed by atoms with Gasteiger partial charge in [0.2, 0.25) is 21.8 Å². The van der Waals surface area contributed by atoms with E-state index in [9.17, 15) is 27.2 Å². The molecule has 7 rings (SSSR count). The van der Waals surface area contributed by atoms with E-state index < -0.39 is 16.1 Å². The van der Waals surface area contributed by atoms with Crippen molar-refractivity contribution in [3.8, 4) is 11.1 Å². The van der Waals surface area contributed by atoms with Crippen LogP contribution in [0.25, 0.3) is 11.1 Å². The van der Waals surface area contributed by atoms with Crippen LogP contribution in [0.4, 0.5) is 14.9 Å². The van der Waals surface area contributed by atoms with E-state index in [1.807, 2.05) is 36.9 Å². The molecule has 61 heavy (non-hydrogen) atoms. The Bertz CT molecular complexity index is 2100. The monoisotopic (exact) mass is 880 g/mol. The molecule has 4 heterocycles. The van der Waals surface area contributed by atoms with E-state index in [0.717, 1.165) is 41.8 Å². The molecule has 0 saturated carbocycles. The molecule has 330 valence electrons. The maximum Gasteiger partial charge on any atom is 0.315 e. The number of ether oxygens (including phenoxy) is 3. The Labute approximate surface area is 361 Å². The third-order valence-corrected chi connectivity index (χ3v) is 15.2. The van der Waals surface area contributed by atoms with Crippen LogP contribution in [-0.4, -0.2) is 119 Å². The van der Waals surface area contributed by atoms with Crippen LogP contribution in [0.5, 0.6) is 0 Å². The van der Waals surface area contributed by atoms with Gasteiger partial charge in [-0.25, -0.2) is 17.6 Å². The van der Waals surface area contributed by atoms with Gasteiger partial charge in [0, 0.05) is 66.7 Å². The number of benzene rings is 3. The Morgan fingerprint density at radius 3 is 2.39 bits per heavy atom. The van der Waals surface area contributed by atoms with Gasteiger partial charge in [-0.1, -0.05) is 48.4 Å². The van der Waals surface area contributed by atoms with Crippen LogP contribution in [0.1, 0.15) is 55.7 Å². The van der Waals surface area contributed by atoms with Crippen LogP contribution in [0.2, 0.25) is 0 Å². The summed E-state index contributed by atoms with van der Waals surface area (Å²) in [6.45, 7) is 4.98. The van der Waals surface area contributed by atoms with Crippen molar-refractivity contribution in [2.45, 2.75) is 79.8 Å². The standard InChI is InChI=1S/C44H57FN6O8S2/c1-29-10-13-31(14-11-29)61(55,56)51-19-16-33-37(48-36-15-12-30(26-34(36)43(33)51)32-6-2-3-7-35(32)45)27-47-41(53)17-20-57-22-24-59-25-23-58-21-18-46-40(52)9-5-4-8-39-42-38(28-60-39)49-44(54)50-42/h2-3,6-7,10-15,26,33,37-39,42-43,48H,4-5,8-9,16-25,27-28H2,1H3,(H,46,52)(H,47,53)(H2,49,50,54)/t33-,37+,38+,39-,42-,43-/m1/s1. The zero-order valence-corrected chi connectivity index (χ0v) is 36.2. The molecular weight excluding hydrogens is 824 g/mol. The summed E-state index contributed by atoms with van der Waals surface area (Å²) in [5.74, 6) is 0.267. The van der Waals surface area contributed by atoms with Gasteiger partial charge in [0.05, 0.1) is 62.7 Å². The van der Waals surface area contributed by atoms with E-state index in [1.165, 1.54) is 6.07 Å². The van der Waals surface area contributed by atoms with Crippen molar-refractivity contribution in [3.63, 3.8) is 0 Å². The third-order valence-electron chi connectivity index (χ3n) is 11.8. The second kappa shape index (κ2) is 21.2. The Morgan fingerprint density at radius 2 is 1.61 bits per heavy atom. The number of hydrogen-bond acceptors (Lipinski definition) is 10. The van der Waals surface area contributed by atoms with Gasteiger partial charge >= 0.3 is 6.03 Å². The summed E-state index contributed by atoms with van der Waals surface area (Å²) < 4.78 is 61.4. The fourth-order valence-electron chi connectivity index (χ4n) is 8.66. The number of carbonyl (C=O) groups is 3. The van der Waals surface area contributed by atoms with E-state index in [1.54, 1.807) is 46.8 Å². The van der Waals surface area contributed by atoms with Crippen LogP contribution in [0, 0.1) is 18.7 Å². The molecule has 0 aliphatic carbocycles. The first-order chi connectivity index (χ1) is 29.6. The number of halogens is 1. The lowest BCUT2D eigenvalue weighted by Crippen LogP contribution is -2.47. The summed E-state index contributed by atoms with van der Waals surface area (Å²) in [7, 11) is -3.86. The van der Waals surface area contributed by atoms with Crippen molar-refractivity contribution in [3.05, 3.63) is 83.7 Å². The molecule has 17 heteroatoms. The molecule has 3 aromatic rings. The number of unbranched alkanes of at least 4 members (excludes halogenated alkanes) is 1. The number of hydrogen-bond donors (Lipinski definition) is 5. The minimum Gasteiger partial charge on any atom is -0.380 e. The summed E-state index contributed by atoms with van der Waals surface area (Å²) >= 11 is 1.88. The smallest absolute Gasteiger partial charge is 0.315 e. The topological polar surface area (TPSA) is 176 Å². The lowest BCUT2D eigenvalue weighted by molar-refractivity contribution is -0.123. The predicted octanol–water partition coefficient (Wildman–Crippen LogP) is 4.75. The summed E-state index contributed by atoms with van der Waals surface area (Å²) in [5, 5.41) is 15.8. The van der Waals surface area contributed by atoms with E-state index in [-0.39, 0.29) is 65.6 Å². The van der Waals surface area contributed by atoms with E-state index in [4.69, 9.17) is 14.2 Å². The average molecular weight is 881 g/mol. The first-order valence-electron chi connectivity index (χ1n) is 21.3. The van der Waals surface area contributed by atoms with Gasteiger partial charge in [0.1, 0.15) is 5.82 Å². The number of amides is 4. The van der Waals surface area contributed by atoms with Gasteiger partial charge in [-0.3, -0.25) is 9.59 Å². The Hall–Kier alpha value is -4.26. The van der Waals surface area contributed by atoms with Crippen molar-refractivity contribution in [1.29, 1.82) is 0 Å². The summed E-state index contributed by atoms with van der Waals surface area (Å²) in [6.07, 6.45) is 3.95. The highest BCUT2D eigenvalue weighted by Gasteiger charge is 2.49. The number of thioether (sulfide) groups is 1. The fraction of sp³-hybridized carbons (Fsp3) is 0.523. The number of carbonyl (C=O) groups excluding carboxylic acids is 3. The van der Waals surface area contributed by atoms with Gasteiger partial charge in [-0.2, -0.15) is 16.1 Å². The first-order valence-corrected chi connectivity index (χ1v) is 23.8. The number of nitrogens with one attached hydrogen (secondary N) is 5. The molecule has 0 radical (unpaired) electrons. The first kappa shape index (κ1) is 44.8. The summed E-state index contributed by atoms with van der Waals surface area (Å²) in [6, 6.07) is 18.6. The molecule has 5 N–H and O–H groups in total. The lowest BCUT2D eigenvalue weighted by Gasteiger charge is -2.39. The van der Waals surface area contributed by atoms with Gasteiger partial charge in [-0.15, -0.1) is 0 Å². The molecule has 3 fully saturated rings. The predicted molar refractivity (Wildman–Crippen MR) is 232 cm³/mol. The van der Waals surface area contributed by atoms with Gasteiger partial charge in [0.25, 0.3) is 0 Å². The Morgan fingerprint density at radius 1 is 0.869 bits per heavy atom. The number of aryl methyl sites for hydroxylation is 1. The van der Waals surface area contributed by atoms with Crippen molar-refractivity contribution in [2.24, 2.45) is 5.92 Å². The number of nitrogens with zero attached hydrogens (tertiary/aromatic N) is 1. The second-order valence-electron chi connectivity index (χ2n) is 16.0. The highest BCUT2D eigenvalue weighted by molar-refractivity contribution is 8.00. The zero-order chi connectivity index (χ0) is 42.8. The molecule has 0 unspecified atom stereocenters. The Kier molecular flexibility index (Phi) is 15.6. The van der Waals surface area contributed by atoms with E-state index >= 15 is 0 Å². The van der Waals surface area contributed by atoms with Gasteiger partial charge in [0.15, 0.2) is 0 Å². The average Bonchev–Trinajstić information content (AvgIpc) is 3.97. The van der Waals surface area contributed by atoms with Crippen LogP contribution in [0.15, 0.2) is 71.6 Å². The minimum atomic E-state index is -3.86. The molecule has 14 nitrogen and oxygen atoms in total. The third kappa shape index (κ3) is 11.4. The molecule has 0 bridgehead atoms. The molecule has 4 aliphatic heterocycles. The largest absolute Gasteiger partial charge is 0.380 e. The fourth-order valence-corrected chi connectivity index (χ4v) is 11.9. The molecular formula is C44H57FN6O8S2. The highest BCUT2D eigenvalue weighted by Crippen LogP contribution is 2.49. The maximum atomic E-state index is 14.9. The van der Waals surface area contributed by atoms with Crippen molar-refractivity contribution < 1.29 is 41.4 Å². The molecule has 0 aromatic heterocycles. The molecule has 4 aliphatic rings. The zero-order valence-electron chi connectivity index (χ0n) is 34.5. The van der Waals surface area contributed by atoms with E-state index in [0.29, 0.717) is 81.9 Å². The summed E-state index contributed by atoms with van der Waals surface area (Å²) in [4.78, 5) is 36.8.